The van der Waals surface area contributed by atoms with E-state index in [0.29, 0.717) is 5.69 Å². The number of rotatable bonds is 6. The Morgan fingerprint density at radius 2 is 2.09 bits per heavy atom. The van der Waals surface area contributed by atoms with E-state index in [4.69, 9.17) is 0 Å². The molecule has 9 heteroatoms. The molecule has 0 aliphatic rings. The van der Waals surface area contributed by atoms with E-state index in [0.717, 1.165) is 11.8 Å². The quantitative estimate of drug-likeness (QED) is 0.800. The van der Waals surface area contributed by atoms with Gasteiger partial charge in [-0.3, -0.25) is 9.89 Å². The van der Waals surface area contributed by atoms with Crippen LogP contribution in [0.15, 0.2) is 30.3 Å². The predicted octanol–water partition coefficient (Wildman–Crippen LogP) is 2.88. The molecule has 1 aromatic heterocycles. The zero-order valence-electron chi connectivity index (χ0n) is 11.9. The van der Waals surface area contributed by atoms with Gasteiger partial charge in [0.25, 0.3) is 5.91 Å². The molecule has 0 atom stereocenters. The molecule has 0 saturated heterocycles. The minimum absolute atomic E-state index is 0.0444. The molecule has 1 amide bonds. The van der Waals surface area contributed by atoms with Crippen molar-refractivity contribution in [3.05, 3.63) is 47.3 Å². The average molecular weight is 331 g/mol. The van der Waals surface area contributed by atoms with E-state index < -0.39 is 24.2 Å². The van der Waals surface area contributed by atoms with E-state index in [9.17, 15) is 22.4 Å². The van der Waals surface area contributed by atoms with Crippen molar-refractivity contribution in [1.82, 2.24) is 15.5 Å². The fourth-order valence-corrected chi connectivity index (χ4v) is 1.77. The van der Waals surface area contributed by atoms with Gasteiger partial charge in [-0.15, -0.1) is 0 Å². The van der Waals surface area contributed by atoms with Gasteiger partial charge in [0, 0.05) is 5.69 Å². The van der Waals surface area contributed by atoms with Crippen molar-refractivity contribution in [3.63, 3.8) is 0 Å². The number of ether oxygens (including phenoxy) is 1. The molecular formula is C14H13F4N3O2. The van der Waals surface area contributed by atoms with E-state index in [1.807, 2.05) is 0 Å². The molecule has 1 heterocycles. The van der Waals surface area contributed by atoms with E-state index in [1.54, 1.807) is 13.0 Å². The van der Waals surface area contributed by atoms with Crippen molar-refractivity contribution in [1.29, 1.82) is 0 Å². The molecule has 0 saturated carbocycles. The van der Waals surface area contributed by atoms with Crippen LogP contribution >= 0.6 is 0 Å². The van der Waals surface area contributed by atoms with Crippen molar-refractivity contribution in [2.75, 3.05) is 0 Å². The lowest BCUT2D eigenvalue weighted by Gasteiger charge is -2.18. The number of benzene rings is 1. The first-order valence-electron chi connectivity index (χ1n) is 6.52. The minimum atomic E-state index is -4.68. The third kappa shape index (κ3) is 4.21. The Morgan fingerprint density at radius 1 is 1.39 bits per heavy atom. The van der Waals surface area contributed by atoms with Gasteiger partial charge in [-0.25, -0.2) is 0 Å². The summed E-state index contributed by atoms with van der Waals surface area (Å²) in [5.41, 5.74) is 1.04. The van der Waals surface area contributed by atoms with Gasteiger partial charge in [0.05, 0.1) is 17.8 Å². The highest BCUT2D eigenvalue weighted by atomic mass is 19.3. The van der Waals surface area contributed by atoms with Gasteiger partial charge in [0.15, 0.2) is 0 Å². The van der Waals surface area contributed by atoms with E-state index in [1.165, 1.54) is 18.2 Å². The highest BCUT2D eigenvalue weighted by Crippen LogP contribution is 2.29. The van der Waals surface area contributed by atoms with Crippen LogP contribution in [0.4, 0.5) is 17.6 Å². The summed E-state index contributed by atoms with van der Waals surface area (Å²) in [7, 11) is 0. The molecule has 2 aromatic rings. The van der Waals surface area contributed by atoms with Crippen LogP contribution < -0.4 is 10.1 Å². The van der Waals surface area contributed by atoms with E-state index >= 15 is 0 Å². The lowest BCUT2D eigenvalue weighted by atomic mass is 10.2. The largest absolute Gasteiger partial charge is 0.461 e. The summed E-state index contributed by atoms with van der Waals surface area (Å²) >= 11 is 0. The number of nitrogens with zero attached hydrogens (tertiary/aromatic N) is 1. The lowest BCUT2D eigenvalue weighted by Crippen LogP contribution is -2.34. The van der Waals surface area contributed by atoms with Gasteiger partial charge in [-0.05, 0) is 25.1 Å². The zero-order chi connectivity index (χ0) is 17.0. The number of nitrogens with one attached hydrogen (secondary N) is 2. The second kappa shape index (κ2) is 6.67. The number of amides is 1. The second-order valence-electron chi connectivity index (χ2n) is 4.69. The summed E-state index contributed by atoms with van der Waals surface area (Å²) < 4.78 is 54.5. The molecule has 0 bridgehead atoms. The summed E-state index contributed by atoms with van der Waals surface area (Å²) in [6.07, 6.45) is -8.69. The lowest BCUT2D eigenvalue weighted by molar-refractivity contribution is -0.253. The Hall–Kier alpha value is -2.58. The number of carbonyl (C=O) groups is 1. The predicted molar refractivity (Wildman–Crippen MR) is 72.5 cm³/mol. The van der Waals surface area contributed by atoms with Crippen LogP contribution in [0.1, 0.15) is 21.7 Å². The molecule has 5 nitrogen and oxygen atoms in total. The van der Waals surface area contributed by atoms with Crippen LogP contribution in [0.2, 0.25) is 0 Å². The number of H-pyrrole nitrogens is 1. The zero-order valence-corrected chi connectivity index (χ0v) is 11.9. The highest BCUT2D eigenvalue weighted by molar-refractivity contribution is 5.96. The number of aryl methyl sites for hydroxylation is 1. The standard InChI is InChI=1S/C14H13F4N3O2/c1-8-6-9(21-20-8)7-19-12(22)10-4-2-3-5-11(10)23-14(17,18)13(15)16/h2-6,13H,7H2,1H3,(H,19,22)(H,20,21). The van der Waals surface area contributed by atoms with Gasteiger partial charge >= 0.3 is 12.5 Å². The summed E-state index contributed by atoms with van der Waals surface area (Å²) in [5.74, 6) is -1.38. The van der Waals surface area contributed by atoms with Crippen molar-refractivity contribution in [2.24, 2.45) is 0 Å². The number of alkyl halides is 4. The van der Waals surface area contributed by atoms with Gasteiger partial charge in [-0.1, -0.05) is 12.1 Å². The molecular weight excluding hydrogens is 318 g/mol. The van der Waals surface area contributed by atoms with E-state index in [-0.39, 0.29) is 12.1 Å². The number of carbonyl (C=O) groups excluding carboxylic acids is 1. The molecule has 1 aromatic carbocycles. The fourth-order valence-electron chi connectivity index (χ4n) is 1.77. The summed E-state index contributed by atoms with van der Waals surface area (Å²) in [6, 6.07) is 6.60. The first-order valence-corrected chi connectivity index (χ1v) is 6.52. The second-order valence-corrected chi connectivity index (χ2v) is 4.69. The van der Waals surface area contributed by atoms with E-state index in [2.05, 4.69) is 20.3 Å². The maximum absolute atomic E-state index is 13.0. The summed E-state index contributed by atoms with van der Waals surface area (Å²) in [5, 5.41) is 9.02. The molecule has 0 unspecified atom stereocenters. The van der Waals surface area contributed by atoms with Crippen LogP contribution in [0, 0.1) is 6.92 Å². The van der Waals surface area contributed by atoms with Crippen molar-refractivity contribution < 1.29 is 27.1 Å². The smallest absolute Gasteiger partial charge is 0.427 e. The average Bonchev–Trinajstić information content (AvgIpc) is 2.90. The molecule has 0 spiro atoms. The van der Waals surface area contributed by atoms with Crippen LogP contribution in [0.5, 0.6) is 5.75 Å². The number of aromatic amines is 1. The van der Waals surface area contributed by atoms with Gasteiger partial charge in [0.2, 0.25) is 0 Å². The molecule has 23 heavy (non-hydrogen) atoms. The van der Waals surface area contributed by atoms with Crippen LogP contribution in [0.3, 0.4) is 0 Å². The molecule has 0 aliphatic carbocycles. The van der Waals surface area contributed by atoms with Crippen molar-refractivity contribution >= 4 is 5.91 Å². The molecule has 0 fully saturated rings. The number of hydrogen-bond donors (Lipinski definition) is 2. The molecule has 2 rings (SSSR count). The van der Waals surface area contributed by atoms with Crippen LogP contribution in [-0.2, 0) is 6.54 Å². The van der Waals surface area contributed by atoms with Crippen LogP contribution in [0.25, 0.3) is 0 Å². The van der Waals surface area contributed by atoms with Crippen molar-refractivity contribution in [3.8, 4) is 5.75 Å². The maximum atomic E-state index is 13.0. The van der Waals surface area contributed by atoms with Crippen molar-refractivity contribution in [2.45, 2.75) is 26.0 Å². The Kier molecular flexibility index (Phi) is 4.87. The third-order valence-corrected chi connectivity index (χ3v) is 2.82. The Balaban J connectivity index is 2.11. The minimum Gasteiger partial charge on any atom is -0.427 e. The molecule has 124 valence electrons. The number of aromatic nitrogens is 2. The molecule has 2 N–H and O–H groups in total. The number of para-hydroxylation sites is 1. The van der Waals surface area contributed by atoms with Gasteiger partial charge < -0.3 is 10.1 Å². The maximum Gasteiger partial charge on any atom is 0.461 e. The Labute approximate surface area is 128 Å². The highest BCUT2D eigenvalue weighted by Gasteiger charge is 2.44. The first-order chi connectivity index (χ1) is 10.8. The number of hydrogen-bond acceptors (Lipinski definition) is 3. The topological polar surface area (TPSA) is 67.0 Å². The normalized spacial score (nSPS) is 11.6. The summed E-state index contributed by atoms with van der Waals surface area (Å²) in [6.45, 7) is 1.82. The monoisotopic (exact) mass is 331 g/mol. The van der Waals surface area contributed by atoms with Gasteiger partial charge in [0.1, 0.15) is 5.75 Å². The third-order valence-electron chi connectivity index (χ3n) is 2.82. The first kappa shape index (κ1) is 16.8. The summed E-state index contributed by atoms with van der Waals surface area (Å²) in [4.78, 5) is 12.0. The molecule has 0 aliphatic heterocycles. The SMILES string of the molecule is Cc1cc(CNC(=O)c2ccccc2OC(F)(F)C(F)F)n[nH]1. The van der Waals surface area contributed by atoms with Gasteiger partial charge in [-0.2, -0.15) is 22.7 Å². The number of halogens is 4. The Morgan fingerprint density at radius 3 is 2.70 bits per heavy atom. The van der Waals surface area contributed by atoms with Crippen LogP contribution in [-0.4, -0.2) is 28.6 Å². The fraction of sp³-hybridized carbons (Fsp3) is 0.286. The Bertz CT molecular complexity index is 688. The molecule has 0 radical (unpaired) electrons.